The Labute approximate surface area is 119 Å². The van der Waals surface area contributed by atoms with E-state index in [1.165, 1.54) is 6.42 Å². The number of nitrogens with two attached hydrogens (primary N) is 1. The van der Waals surface area contributed by atoms with Gasteiger partial charge < -0.3 is 10.8 Å². The van der Waals surface area contributed by atoms with Gasteiger partial charge in [0.05, 0.1) is 5.75 Å². The summed E-state index contributed by atoms with van der Waals surface area (Å²) in [5.41, 5.74) is 5.80. The van der Waals surface area contributed by atoms with E-state index in [0.29, 0.717) is 12.3 Å². The number of hydrogen-bond acceptors (Lipinski definition) is 3. The third kappa shape index (κ3) is 5.96. The summed E-state index contributed by atoms with van der Waals surface area (Å²) in [6.45, 7) is 3.74. The topological polar surface area (TPSA) is 46.2 Å². The zero-order valence-electron chi connectivity index (χ0n) is 11.9. The molecule has 19 heavy (non-hydrogen) atoms. The minimum atomic E-state index is -3.09. The third-order valence-corrected chi connectivity index (χ3v) is 5.00. The highest BCUT2D eigenvalue weighted by Gasteiger charge is 2.42. The first-order valence-corrected chi connectivity index (χ1v) is 8.31. The van der Waals surface area contributed by atoms with Gasteiger partial charge in [-0.05, 0) is 17.6 Å². The number of halogens is 2. The van der Waals surface area contributed by atoms with Crippen LogP contribution in [-0.4, -0.2) is 34.2 Å². The predicted octanol–water partition coefficient (Wildman–Crippen LogP) is 3.42. The van der Waals surface area contributed by atoms with Gasteiger partial charge in [-0.15, -0.1) is 0 Å². The maximum atomic E-state index is 13.8. The largest absolute Gasteiger partial charge is 0.385 e. The van der Waals surface area contributed by atoms with Gasteiger partial charge in [0.1, 0.15) is 6.10 Å². The molecule has 0 unspecified atom stereocenters. The van der Waals surface area contributed by atoms with Crippen molar-refractivity contribution in [2.24, 2.45) is 11.7 Å². The maximum Gasteiger partial charge on any atom is 0.283 e. The van der Waals surface area contributed by atoms with Crippen LogP contribution in [0.5, 0.6) is 0 Å². The zero-order chi connectivity index (χ0) is 14.5. The van der Waals surface area contributed by atoms with Crippen molar-refractivity contribution in [3.8, 4) is 0 Å². The molecule has 1 rings (SSSR count). The quantitative estimate of drug-likeness (QED) is 0.756. The Morgan fingerprint density at radius 3 is 2.37 bits per heavy atom. The average Bonchev–Trinajstić information content (AvgIpc) is 2.36. The van der Waals surface area contributed by atoms with Crippen molar-refractivity contribution in [3.05, 3.63) is 0 Å². The van der Waals surface area contributed by atoms with Crippen LogP contribution in [0.2, 0.25) is 0 Å². The maximum absolute atomic E-state index is 13.8. The molecule has 1 aliphatic carbocycles. The number of alkyl halides is 2. The highest BCUT2D eigenvalue weighted by Crippen LogP contribution is 2.32. The molecule has 0 saturated heterocycles. The number of aliphatic hydroxyl groups excluding tert-OH is 1. The molecule has 1 saturated carbocycles. The molecule has 0 radical (unpaired) electrons. The van der Waals surface area contributed by atoms with Crippen LogP contribution >= 0.6 is 11.8 Å². The Balaban J connectivity index is 2.42. The van der Waals surface area contributed by atoms with Gasteiger partial charge in [-0.1, -0.05) is 46.0 Å². The Bertz CT molecular complexity index is 258. The van der Waals surface area contributed by atoms with E-state index in [1.807, 2.05) is 13.8 Å². The van der Waals surface area contributed by atoms with E-state index in [0.717, 1.165) is 37.4 Å². The van der Waals surface area contributed by atoms with E-state index < -0.39 is 18.1 Å². The van der Waals surface area contributed by atoms with E-state index in [2.05, 4.69) is 0 Å². The normalized spacial score (nSPS) is 21.6. The lowest BCUT2D eigenvalue weighted by Gasteiger charge is -2.31. The summed E-state index contributed by atoms with van der Waals surface area (Å²) < 4.78 is 27.7. The number of hydrogen-bond donors (Lipinski definition) is 2. The molecule has 2 nitrogen and oxygen atoms in total. The molecule has 0 bridgehead atoms. The van der Waals surface area contributed by atoms with Crippen LogP contribution < -0.4 is 5.73 Å². The molecule has 0 amide bonds. The number of aliphatic hydroxyl groups is 1. The zero-order valence-corrected chi connectivity index (χ0v) is 12.8. The summed E-state index contributed by atoms with van der Waals surface area (Å²) in [5, 5.41) is 9.93. The monoisotopic (exact) mass is 295 g/mol. The molecule has 1 aliphatic rings. The van der Waals surface area contributed by atoms with Gasteiger partial charge >= 0.3 is 0 Å². The second-order valence-corrected chi connectivity index (χ2v) is 7.53. The lowest BCUT2D eigenvalue weighted by Crippen LogP contribution is -2.49. The van der Waals surface area contributed by atoms with Crippen LogP contribution in [-0.2, 0) is 0 Å². The lowest BCUT2D eigenvalue weighted by molar-refractivity contribution is -0.102. The van der Waals surface area contributed by atoms with Gasteiger partial charge in [-0.2, -0.15) is 11.8 Å². The van der Waals surface area contributed by atoms with Crippen molar-refractivity contribution < 1.29 is 13.9 Å². The summed E-state index contributed by atoms with van der Waals surface area (Å²) in [6.07, 6.45) is 4.47. The molecule has 114 valence electrons. The van der Waals surface area contributed by atoms with Crippen molar-refractivity contribution >= 4 is 11.8 Å². The summed E-state index contributed by atoms with van der Waals surface area (Å²) in [6, 6.07) is -0.814. The minimum absolute atomic E-state index is 0.132. The number of rotatable bonds is 7. The van der Waals surface area contributed by atoms with Crippen molar-refractivity contribution in [1.82, 2.24) is 0 Å². The minimum Gasteiger partial charge on any atom is -0.385 e. The summed E-state index contributed by atoms with van der Waals surface area (Å²) in [7, 11) is 0. The Morgan fingerprint density at radius 2 is 1.84 bits per heavy atom. The molecular weight excluding hydrogens is 268 g/mol. The van der Waals surface area contributed by atoms with Crippen molar-refractivity contribution in [3.63, 3.8) is 0 Å². The average molecular weight is 295 g/mol. The van der Waals surface area contributed by atoms with Gasteiger partial charge in [-0.3, -0.25) is 0 Å². The fourth-order valence-corrected chi connectivity index (χ4v) is 3.34. The van der Waals surface area contributed by atoms with Crippen LogP contribution in [0.4, 0.5) is 8.78 Å². The molecule has 0 aromatic carbocycles. The summed E-state index contributed by atoms with van der Waals surface area (Å²) >= 11 is 1.16. The fourth-order valence-electron chi connectivity index (χ4n) is 2.61. The molecule has 3 N–H and O–H groups in total. The first-order chi connectivity index (χ1) is 8.83. The van der Waals surface area contributed by atoms with E-state index in [4.69, 9.17) is 5.73 Å². The SMILES string of the molecule is CC(C)SCC(F)(F)[C@H](O)[C@@H](N)CC1CCCCC1. The van der Waals surface area contributed by atoms with Gasteiger partial charge in [0.2, 0.25) is 0 Å². The standard InChI is InChI=1S/C14H27F2NOS/c1-10(2)19-9-14(15,16)13(18)12(17)8-11-6-4-3-5-7-11/h10-13,18H,3-9,17H2,1-2H3/t12-,13+/m0/s1. The molecule has 2 atom stereocenters. The second-order valence-electron chi connectivity index (χ2n) is 5.97. The first kappa shape index (κ1) is 17.2. The van der Waals surface area contributed by atoms with E-state index >= 15 is 0 Å². The van der Waals surface area contributed by atoms with Gasteiger partial charge in [0.15, 0.2) is 0 Å². The summed E-state index contributed by atoms with van der Waals surface area (Å²) in [5.74, 6) is -3.04. The smallest absolute Gasteiger partial charge is 0.283 e. The molecule has 0 heterocycles. The third-order valence-electron chi connectivity index (χ3n) is 3.78. The van der Waals surface area contributed by atoms with Crippen LogP contribution in [0.25, 0.3) is 0 Å². The van der Waals surface area contributed by atoms with Crippen LogP contribution in [0.3, 0.4) is 0 Å². The fraction of sp³-hybridized carbons (Fsp3) is 1.00. The van der Waals surface area contributed by atoms with Crippen LogP contribution in [0, 0.1) is 5.92 Å². The van der Waals surface area contributed by atoms with Gasteiger partial charge in [0, 0.05) is 6.04 Å². The second kappa shape index (κ2) is 7.79. The predicted molar refractivity (Wildman–Crippen MR) is 77.7 cm³/mol. The van der Waals surface area contributed by atoms with Gasteiger partial charge in [0.25, 0.3) is 5.92 Å². The molecule has 1 fully saturated rings. The first-order valence-electron chi connectivity index (χ1n) is 7.26. The van der Waals surface area contributed by atoms with Crippen molar-refractivity contribution in [2.45, 2.75) is 75.7 Å². The Morgan fingerprint density at radius 1 is 1.26 bits per heavy atom. The molecule has 0 spiro atoms. The van der Waals surface area contributed by atoms with E-state index in [-0.39, 0.29) is 11.0 Å². The van der Waals surface area contributed by atoms with Crippen LogP contribution in [0.1, 0.15) is 52.4 Å². The number of thioether (sulfide) groups is 1. The molecule has 0 aliphatic heterocycles. The molecular formula is C14H27F2NOS. The highest BCUT2D eigenvalue weighted by molar-refractivity contribution is 7.99. The van der Waals surface area contributed by atoms with Crippen molar-refractivity contribution in [2.75, 3.05) is 5.75 Å². The van der Waals surface area contributed by atoms with Gasteiger partial charge in [-0.25, -0.2) is 8.78 Å². The van der Waals surface area contributed by atoms with Crippen molar-refractivity contribution in [1.29, 1.82) is 0 Å². The molecule has 0 aromatic heterocycles. The van der Waals surface area contributed by atoms with Crippen LogP contribution in [0.15, 0.2) is 0 Å². The summed E-state index contributed by atoms with van der Waals surface area (Å²) in [4.78, 5) is 0. The molecule has 0 aromatic rings. The van der Waals surface area contributed by atoms with E-state index in [9.17, 15) is 13.9 Å². The molecule has 5 heteroatoms. The Kier molecular flexibility index (Phi) is 7.05. The lowest BCUT2D eigenvalue weighted by atomic mass is 9.83. The highest BCUT2D eigenvalue weighted by atomic mass is 32.2. The van der Waals surface area contributed by atoms with E-state index in [1.54, 1.807) is 0 Å². The Hall–Kier alpha value is 0.130.